The number of rotatable bonds is 6. The number of halogens is 1. The Morgan fingerprint density at radius 3 is 2.64 bits per heavy atom. The number of nitrogens with zero attached hydrogens (tertiary/aromatic N) is 1. The first-order valence-corrected chi connectivity index (χ1v) is 8.71. The third-order valence-electron chi connectivity index (χ3n) is 3.31. The summed E-state index contributed by atoms with van der Waals surface area (Å²) in [6.45, 7) is 7.61. The summed E-state index contributed by atoms with van der Waals surface area (Å²) in [4.78, 5) is 14.4. The van der Waals surface area contributed by atoms with E-state index < -0.39 is 0 Å². The van der Waals surface area contributed by atoms with Crippen molar-refractivity contribution in [1.82, 2.24) is 4.90 Å². The number of ether oxygens (including phenoxy) is 3. The summed E-state index contributed by atoms with van der Waals surface area (Å²) >= 11 is 2.19. The van der Waals surface area contributed by atoms with Crippen LogP contribution < -0.4 is 9.47 Å². The van der Waals surface area contributed by atoms with Gasteiger partial charge in [0, 0.05) is 18.7 Å². The molecule has 1 aromatic rings. The number of hydrogen-bond acceptors (Lipinski definition) is 4. The van der Waals surface area contributed by atoms with Crippen LogP contribution in [0.25, 0.3) is 0 Å². The zero-order valence-electron chi connectivity index (χ0n) is 13.1. The van der Waals surface area contributed by atoms with E-state index in [-0.39, 0.29) is 5.91 Å². The maximum atomic E-state index is 12.6. The Morgan fingerprint density at radius 1 is 1.27 bits per heavy atom. The van der Waals surface area contributed by atoms with Gasteiger partial charge in [0.05, 0.1) is 30.0 Å². The molecule has 0 aliphatic carbocycles. The Labute approximate surface area is 145 Å². The maximum Gasteiger partial charge on any atom is 0.254 e. The second-order valence-corrected chi connectivity index (χ2v) is 6.13. The van der Waals surface area contributed by atoms with Gasteiger partial charge in [-0.05, 0) is 48.1 Å². The van der Waals surface area contributed by atoms with E-state index in [0.29, 0.717) is 50.8 Å². The van der Waals surface area contributed by atoms with E-state index in [1.807, 2.05) is 17.9 Å². The molecule has 1 fully saturated rings. The third kappa shape index (κ3) is 4.25. The van der Waals surface area contributed by atoms with Gasteiger partial charge in [-0.3, -0.25) is 4.79 Å². The second-order valence-electron chi connectivity index (χ2n) is 4.97. The highest BCUT2D eigenvalue weighted by atomic mass is 127. The van der Waals surface area contributed by atoms with Gasteiger partial charge in [-0.1, -0.05) is 6.92 Å². The first-order chi connectivity index (χ1) is 10.7. The molecular formula is C16H22INO4. The first-order valence-electron chi connectivity index (χ1n) is 7.63. The number of amides is 1. The average Bonchev–Trinajstić information content (AvgIpc) is 2.54. The van der Waals surface area contributed by atoms with Gasteiger partial charge >= 0.3 is 0 Å². The molecule has 6 heteroatoms. The quantitative estimate of drug-likeness (QED) is 0.666. The van der Waals surface area contributed by atoms with Crippen molar-refractivity contribution in [3.63, 3.8) is 0 Å². The Hall–Kier alpha value is -1.02. The molecular weight excluding hydrogens is 397 g/mol. The second kappa shape index (κ2) is 8.57. The largest absolute Gasteiger partial charge is 0.490 e. The van der Waals surface area contributed by atoms with Gasteiger partial charge in [0.2, 0.25) is 0 Å². The van der Waals surface area contributed by atoms with Crippen molar-refractivity contribution < 1.29 is 19.0 Å². The number of carbonyl (C=O) groups excluding carboxylic acids is 1. The highest BCUT2D eigenvalue weighted by Crippen LogP contribution is 2.34. The molecule has 0 atom stereocenters. The summed E-state index contributed by atoms with van der Waals surface area (Å²) in [7, 11) is 0. The van der Waals surface area contributed by atoms with E-state index in [1.54, 1.807) is 6.07 Å². The molecule has 122 valence electrons. The first kappa shape index (κ1) is 17.3. The molecule has 1 aromatic carbocycles. The molecule has 5 nitrogen and oxygen atoms in total. The zero-order chi connectivity index (χ0) is 15.9. The van der Waals surface area contributed by atoms with Crippen molar-refractivity contribution in [2.24, 2.45) is 0 Å². The Kier molecular flexibility index (Phi) is 6.75. The van der Waals surface area contributed by atoms with Crippen LogP contribution in [0.15, 0.2) is 12.1 Å². The molecule has 0 saturated carbocycles. The summed E-state index contributed by atoms with van der Waals surface area (Å²) in [5, 5.41) is 0. The fraction of sp³-hybridized carbons (Fsp3) is 0.562. The van der Waals surface area contributed by atoms with E-state index in [1.165, 1.54) is 0 Å². The fourth-order valence-electron chi connectivity index (χ4n) is 2.25. The van der Waals surface area contributed by atoms with Gasteiger partial charge in [-0.2, -0.15) is 0 Å². The summed E-state index contributed by atoms with van der Waals surface area (Å²) in [6.07, 6.45) is 0.927. The van der Waals surface area contributed by atoms with Gasteiger partial charge in [0.15, 0.2) is 11.5 Å². The molecule has 1 aliphatic heterocycles. The fourth-order valence-corrected chi connectivity index (χ4v) is 3.00. The predicted molar refractivity (Wildman–Crippen MR) is 92.8 cm³/mol. The molecule has 1 heterocycles. The summed E-state index contributed by atoms with van der Waals surface area (Å²) < 4.78 is 17.6. The normalized spacial score (nSPS) is 14.8. The predicted octanol–water partition coefficient (Wildman–Crippen LogP) is 2.95. The Balaban J connectivity index is 2.26. The van der Waals surface area contributed by atoms with Crippen LogP contribution in [0.2, 0.25) is 0 Å². The smallest absolute Gasteiger partial charge is 0.254 e. The van der Waals surface area contributed by atoms with Gasteiger partial charge in [0.1, 0.15) is 0 Å². The van der Waals surface area contributed by atoms with Gasteiger partial charge in [0.25, 0.3) is 5.91 Å². The number of morpholine rings is 1. The van der Waals surface area contributed by atoms with Crippen molar-refractivity contribution >= 4 is 28.5 Å². The van der Waals surface area contributed by atoms with Crippen LogP contribution in [0.4, 0.5) is 0 Å². The summed E-state index contributed by atoms with van der Waals surface area (Å²) in [5.74, 6) is 1.38. The number of hydrogen-bond donors (Lipinski definition) is 0. The molecule has 0 bridgehead atoms. The minimum atomic E-state index is 0.0178. The van der Waals surface area contributed by atoms with Crippen molar-refractivity contribution in [2.45, 2.75) is 20.3 Å². The maximum absolute atomic E-state index is 12.6. The summed E-state index contributed by atoms with van der Waals surface area (Å²) in [5.41, 5.74) is 0.638. The van der Waals surface area contributed by atoms with Crippen LogP contribution in [-0.4, -0.2) is 50.3 Å². The average molecular weight is 419 g/mol. The molecule has 0 radical (unpaired) electrons. The van der Waals surface area contributed by atoms with E-state index in [4.69, 9.17) is 14.2 Å². The standard InChI is InChI=1S/C16H22INO4/c1-3-7-22-15-13(17)10-12(11-14(15)21-4-2)16(19)18-5-8-20-9-6-18/h10-11H,3-9H2,1-2H3. The molecule has 22 heavy (non-hydrogen) atoms. The monoisotopic (exact) mass is 419 g/mol. The molecule has 1 amide bonds. The number of carbonyl (C=O) groups is 1. The molecule has 0 unspecified atom stereocenters. The lowest BCUT2D eigenvalue weighted by molar-refractivity contribution is 0.0302. The van der Waals surface area contributed by atoms with Crippen LogP contribution in [0.5, 0.6) is 11.5 Å². The summed E-state index contributed by atoms with van der Waals surface area (Å²) in [6, 6.07) is 3.65. The Morgan fingerprint density at radius 2 is 2.00 bits per heavy atom. The van der Waals surface area contributed by atoms with Crippen LogP contribution in [0.3, 0.4) is 0 Å². The van der Waals surface area contributed by atoms with Crippen molar-refractivity contribution in [3.05, 3.63) is 21.3 Å². The molecule has 0 N–H and O–H groups in total. The highest BCUT2D eigenvalue weighted by Gasteiger charge is 2.21. The van der Waals surface area contributed by atoms with Crippen LogP contribution in [-0.2, 0) is 4.74 Å². The van der Waals surface area contributed by atoms with Crippen molar-refractivity contribution in [1.29, 1.82) is 0 Å². The lowest BCUT2D eigenvalue weighted by Crippen LogP contribution is -2.40. The number of benzene rings is 1. The van der Waals surface area contributed by atoms with E-state index >= 15 is 0 Å². The minimum Gasteiger partial charge on any atom is -0.490 e. The zero-order valence-corrected chi connectivity index (χ0v) is 15.2. The molecule has 2 rings (SSSR count). The lowest BCUT2D eigenvalue weighted by atomic mass is 10.1. The Bertz CT molecular complexity index is 515. The van der Waals surface area contributed by atoms with Gasteiger partial charge in [-0.25, -0.2) is 0 Å². The molecule has 0 spiro atoms. The van der Waals surface area contributed by atoms with E-state index in [9.17, 15) is 4.79 Å². The van der Waals surface area contributed by atoms with Crippen LogP contribution in [0, 0.1) is 3.57 Å². The minimum absolute atomic E-state index is 0.0178. The van der Waals surface area contributed by atoms with Gasteiger partial charge in [-0.15, -0.1) is 0 Å². The lowest BCUT2D eigenvalue weighted by Gasteiger charge is -2.27. The van der Waals surface area contributed by atoms with E-state index in [0.717, 1.165) is 15.7 Å². The highest BCUT2D eigenvalue weighted by molar-refractivity contribution is 14.1. The van der Waals surface area contributed by atoms with E-state index in [2.05, 4.69) is 29.5 Å². The SMILES string of the molecule is CCCOc1c(I)cc(C(=O)N2CCOCC2)cc1OCC. The third-order valence-corrected chi connectivity index (χ3v) is 4.11. The van der Waals surface area contributed by atoms with Crippen LogP contribution >= 0.6 is 22.6 Å². The van der Waals surface area contributed by atoms with Gasteiger partial charge < -0.3 is 19.1 Å². The van der Waals surface area contributed by atoms with Crippen molar-refractivity contribution in [2.75, 3.05) is 39.5 Å². The van der Waals surface area contributed by atoms with Crippen molar-refractivity contribution in [3.8, 4) is 11.5 Å². The topological polar surface area (TPSA) is 48.0 Å². The molecule has 1 aliphatic rings. The molecule has 0 aromatic heterocycles. The molecule has 1 saturated heterocycles. The van der Waals surface area contributed by atoms with Crippen LogP contribution in [0.1, 0.15) is 30.6 Å².